The van der Waals surface area contributed by atoms with Crippen molar-refractivity contribution in [2.75, 3.05) is 6.54 Å². The van der Waals surface area contributed by atoms with Crippen LogP contribution in [-0.2, 0) is 16.6 Å². The summed E-state index contributed by atoms with van der Waals surface area (Å²) >= 11 is 3.17. The van der Waals surface area contributed by atoms with Gasteiger partial charge in [-0.3, -0.25) is 4.79 Å². The zero-order valence-corrected chi connectivity index (χ0v) is 15.7. The molecule has 130 valence electrons. The predicted octanol–water partition coefficient (Wildman–Crippen LogP) is 4.65. The molecule has 1 aromatic carbocycles. The maximum atomic E-state index is 14.0. The van der Waals surface area contributed by atoms with Gasteiger partial charge in [-0.2, -0.15) is 0 Å². The Hall–Kier alpha value is -2.05. The highest BCUT2D eigenvalue weighted by Gasteiger charge is 2.24. The highest BCUT2D eigenvalue weighted by atomic mass is 32.1. The Labute approximate surface area is 154 Å². The molecule has 0 bridgehead atoms. The number of thiazole rings is 1. The van der Waals surface area contributed by atoms with Crippen LogP contribution in [0.4, 0.5) is 4.39 Å². The van der Waals surface area contributed by atoms with E-state index >= 15 is 0 Å². The van der Waals surface area contributed by atoms with E-state index in [0.29, 0.717) is 12.1 Å². The fourth-order valence-electron chi connectivity index (χ4n) is 2.55. The Morgan fingerprint density at radius 2 is 2.00 bits per heavy atom. The summed E-state index contributed by atoms with van der Waals surface area (Å²) in [6, 6.07) is 10.7. The number of aromatic nitrogens is 1. The average molecular weight is 375 g/mol. The smallest absolute Gasteiger partial charge is 0.226 e. The highest BCUT2D eigenvalue weighted by molar-refractivity contribution is 7.20. The summed E-state index contributed by atoms with van der Waals surface area (Å²) < 4.78 is 14.0. The van der Waals surface area contributed by atoms with Gasteiger partial charge in [-0.1, -0.05) is 38.1 Å². The third kappa shape index (κ3) is 4.32. The summed E-state index contributed by atoms with van der Waals surface area (Å²) in [6.45, 7) is 4.21. The minimum atomic E-state index is -0.481. The summed E-state index contributed by atoms with van der Waals surface area (Å²) in [4.78, 5) is 17.9. The lowest BCUT2D eigenvalue weighted by Gasteiger charge is -2.26. The fourth-order valence-corrected chi connectivity index (χ4v) is 4.19. The molecule has 2 aromatic heterocycles. The van der Waals surface area contributed by atoms with Crippen LogP contribution in [-0.4, -0.2) is 17.4 Å². The molecule has 3 nitrogen and oxygen atoms in total. The van der Waals surface area contributed by atoms with Crippen molar-refractivity contribution in [1.29, 1.82) is 0 Å². The number of thiophene rings is 1. The number of halogens is 1. The number of benzene rings is 1. The SMILES string of the molecule is CC(C)(CNC(=O)Cc1csc(-c2cccs2)n1)c1ccccc1F. The summed E-state index contributed by atoms with van der Waals surface area (Å²) in [5.41, 5.74) is 0.879. The first-order valence-corrected chi connectivity index (χ1v) is 9.71. The minimum absolute atomic E-state index is 0.104. The van der Waals surface area contributed by atoms with Crippen LogP contribution in [0, 0.1) is 5.82 Å². The summed E-state index contributed by atoms with van der Waals surface area (Å²) in [6.07, 6.45) is 0.231. The third-order valence-corrected chi connectivity index (χ3v) is 5.89. The zero-order valence-electron chi connectivity index (χ0n) is 14.1. The number of nitrogens with one attached hydrogen (secondary N) is 1. The van der Waals surface area contributed by atoms with E-state index in [1.54, 1.807) is 34.8 Å². The van der Waals surface area contributed by atoms with Gasteiger partial charge < -0.3 is 5.32 Å². The Balaban J connectivity index is 1.59. The Kier molecular flexibility index (Phi) is 5.30. The van der Waals surface area contributed by atoms with E-state index in [2.05, 4.69) is 10.3 Å². The summed E-state index contributed by atoms with van der Waals surface area (Å²) in [7, 11) is 0. The Morgan fingerprint density at radius 3 is 2.72 bits per heavy atom. The van der Waals surface area contributed by atoms with Gasteiger partial charge in [0.2, 0.25) is 5.91 Å². The molecule has 3 aromatic rings. The molecule has 0 spiro atoms. The van der Waals surface area contributed by atoms with Gasteiger partial charge in [0.15, 0.2) is 0 Å². The first-order valence-electron chi connectivity index (χ1n) is 7.96. The average Bonchev–Trinajstić information content (AvgIpc) is 3.24. The Morgan fingerprint density at radius 1 is 1.20 bits per heavy atom. The summed E-state index contributed by atoms with van der Waals surface area (Å²) in [5, 5.41) is 7.76. The molecule has 2 heterocycles. The molecule has 3 rings (SSSR count). The molecule has 1 N–H and O–H groups in total. The van der Waals surface area contributed by atoms with Crippen molar-refractivity contribution in [2.45, 2.75) is 25.7 Å². The standard InChI is InChI=1S/C19H19FN2OS2/c1-19(2,14-6-3-4-7-15(14)20)12-21-17(23)10-13-11-25-18(22-13)16-8-5-9-24-16/h3-9,11H,10,12H2,1-2H3,(H,21,23). The van der Waals surface area contributed by atoms with Gasteiger partial charge in [0.25, 0.3) is 0 Å². The zero-order chi connectivity index (χ0) is 17.9. The van der Waals surface area contributed by atoms with E-state index in [0.717, 1.165) is 15.6 Å². The lowest BCUT2D eigenvalue weighted by molar-refractivity contribution is -0.120. The van der Waals surface area contributed by atoms with Crippen LogP contribution in [0.3, 0.4) is 0 Å². The van der Waals surface area contributed by atoms with Crippen LogP contribution in [0.5, 0.6) is 0 Å². The number of nitrogens with zero attached hydrogens (tertiary/aromatic N) is 1. The lowest BCUT2D eigenvalue weighted by Crippen LogP contribution is -2.38. The molecule has 0 aliphatic carbocycles. The maximum absolute atomic E-state index is 14.0. The van der Waals surface area contributed by atoms with Crippen molar-refractivity contribution in [2.24, 2.45) is 0 Å². The molecule has 6 heteroatoms. The molecule has 0 radical (unpaired) electrons. The van der Waals surface area contributed by atoms with E-state index in [9.17, 15) is 9.18 Å². The van der Waals surface area contributed by atoms with Crippen LogP contribution >= 0.6 is 22.7 Å². The molecular weight excluding hydrogens is 355 g/mol. The number of hydrogen-bond acceptors (Lipinski definition) is 4. The van der Waals surface area contributed by atoms with Crippen LogP contribution in [0.2, 0.25) is 0 Å². The molecule has 25 heavy (non-hydrogen) atoms. The van der Waals surface area contributed by atoms with E-state index in [1.165, 1.54) is 6.07 Å². The van der Waals surface area contributed by atoms with Crippen LogP contribution in [0.1, 0.15) is 25.1 Å². The van der Waals surface area contributed by atoms with Crippen molar-refractivity contribution in [3.05, 3.63) is 64.2 Å². The second-order valence-electron chi connectivity index (χ2n) is 6.44. The quantitative estimate of drug-likeness (QED) is 0.682. The van der Waals surface area contributed by atoms with E-state index in [1.807, 2.05) is 42.8 Å². The number of rotatable bonds is 6. The van der Waals surface area contributed by atoms with E-state index < -0.39 is 5.41 Å². The molecular formula is C19H19FN2OS2. The molecule has 0 aliphatic heterocycles. The van der Waals surface area contributed by atoms with Crippen molar-refractivity contribution >= 4 is 28.6 Å². The number of carbonyl (C=O) groups excluding carboxylic acids is 1. The third-order valence-electron chi connectivity index (χ3n) is 3.96. The minimum Gasteiger partial charge on any atom is -0.355 e. The molecule has 0 atom stereocenters. The predicted molar refractivity (Wildman–Crippen MR) is 102 cm³/mol. The van der Waals surface area contributed by atoms with Gasteiger partial charge in [-0.05, 0) is 23.1 Å². The van der Waals surface area contributed by atoms with E-state index in [4.69, 9.17) is 0 Å². The first kappa shape index (κ1) is 17.8. The number of hydrogen-bond donors (Lipinski definition) is 1. The highest BCUT2D eigenvalue weighted by Crippen LogP contribution is 2.28. The lowest BCUT2D eigenvalue weighted by atomic mass is 9.84. The van der Waals surface area contributed by atoms with Crippen molar-refractivity contribution in [3.8, 4) is 9.88 Å². The first-order chi connectivity index (χ1) is 12.0. The number of amides is 1. The van der Waals surface area contributed by atoms with E-state index in [-0.39, 0.29) is 18.1 Å². The topological polar surface area (TPSA) is 42.0 Å². The van der Waals surface area contributed by atoms with Crippen LogP contribution in [0.15, 0.2) is 47.2 Å². The van der Waals surface area contributed by atoms with Crippen molar-refractivity contribution in [1.82, 2.24) is 10.3 Å². The fraction of sp³-hybridized carbons (Fsp3) is 0.263. The largest absolute Gasteiger partial charge is 0.355 e. The van der Waals surface area contributed by atoms with Gasteiger partial charge in [0, 0.05) is 17.3 Å². The van der Waals surface area contributed by atoms with Gasteiger partial charge in [-0.25, -0.2) is 9.37 Å². The normalized spacial score (nSPS) is 11.5. The molecule has 0 saturated heterocycles. The molecule has 0 aliphatic rings. The second kappa shape index (κ2) is 7.45. The second-order valence-corrected chi connectivity index (χ2v) is 8.24. The molecule has 0 unspecified atom stereocenters. The van der Waals surface area contributed by atoms with Crippen LogP contribution < -0.4 is 5.32 Å². The van der Waals surface area contributed by atoms with Gasteiger partial charge in [0.1, 0.15) is 10.8 Å². The number of carbonyl (C=O) groups is 1. The molecule has 0 fully saturated rings. The molecule has 0 saturated carbocycles. The van der Waals surface area contributed by atoms with Gasteiger partial charge in [0.05, 0.1) is 17.0 Å². The van der Waals surface area contributed by atoms with Gasteiger partial charge in [-0.15, -0.1) is 22.7 Å². The maximum Gasteiger partial charge on any atom is 0.226 e. The Bertz CT molecular complexity index is 856. The molecule has 1 amide bonds. The van der Waals surface area contributed by atoms with Gasteiger partial charge >= 0.3 is 0 Å². The van der Waals surface area contributed by atoms with Crippen molar-refractivity contribution in [3.63, 3.8) is 0 Å². The van der Waals surface area contributed by atoms with Crippen LogP contribution in [0.25, 0.3) is 9.88 Å². The van der Waals surface area contributed by atoms with Crippen molar-refractivity contribution < 1.29 is 9.18 Å². The monoisotopic (exact) mass is 374 g/mol. The summed E-state index contributed by atoms with van der Waals surface area (Å²) in [5.74, 6) is -0.353.